The predicted octanol–water partition coefficient (Wildman–Crippen LogP) is 3.50. The van der Waals surface area contributed by atoms with Crippen LogP contribution in [0.4, 0.5) is 0 Å². The van der Waals surface area contributed by atoms with Crippen molar-refractivity contribution in [3.63, 3.8) is 0 Å². The van der Waals surface area contributed by atoms with Crippen molar-refractivity contribution in [1.29, 1.82) is 0 Å². The monoisotopic (exact) mass is 392 g/mol. The van der Waals surface area contributed by atoms with E-state index in [-0.39, 0.29) is 16.2 Å². The summed E-state index contributed by atoms with van der Waals surface area (Å²) < 4.78 is 27.5. The number of rotatable bonds is 7. The van der Waals surface area contributed by atoms with E-state index in [2.05, 4.69) is 19.2 Å². The molecular weight excluding hydrogens is 368 g/mol. The van der Waals surface area contributed by atoms with Gasteiger partial charge >= 0.3 is 0 Å². The summed E-state index contributed by atoms with van der Waals surface area (Å²) in [6.45, 7) is 6.63. The first-order valence-corrected chi connectivity index (χ1v) is 10.9. The lowest BCUT2D eigenvalue weighted by Gasteiger charge is -2.24. The average molecular weight is 393 g/mol. The van der Waals surface area contributed by atoms with Crippen LogP contribution in [0.5, 0.6) is 0 Å². The Morgan fingerprint density at radius 3 is 2.67 bits per heavy atom. The van der Waals surface area contributed by atoms with Crippen molar-refractivity contribution in [2.45, 2.75) is 62.7 Å². The molecule has 1 aromatic heterocycles. The van der Waals surface area contributed by atoms with Gasteiger partial charge in [-0.2, -0.15) is 4.31 Å². The highest BCUT2D eigenvalue weighted by Crippen LogP contribution is 2.32. The second kappa shape index (κ2) is 8.17. The summed E-state index contributed by atoms with van der Waals surface area (Å²) in [4.78, 5) is 12.6. The molecule has 2 atom stereocenters. The van der Waals surface area contributed by atoms with Gasteiger partial charge in [-0.25, -0.2) is 8.42 Å². The number of amides is 1. The minimum atomic E-state index is -3.67. The van der Waals surface area contributed by atoms with Gasteiger partial charge in [0.15, 0.2) is 0 Å². The number of sulfonamides is 1. The minimum absolute atomic E-state index is 0.0428. The van der Waals surface area contributed by atoms with Crippen LogP contribution < -0.4 is 5.32 Å². The van der Waals surface area contributed by atoms with E-state index < -0.39 is 16.1 Å². The molecule has 0 aliphatic carbocycles. The number of hydrogen-bond donors (Lipinski definition) is 1. The molecule has 0 aromatic carbocycles. The van der Waals surface area contributed by atoms with E-state index >= 15 is 0 Å². The fraction of sp³-hybridized carbons (Fsp3) is 0.688. The van der Waals surface area contributed by atoms with Gasteiger partial charge in [0.2, 0.25) is 5.91 Å². The average Bonchev–Trinajstić information content (AvgIpc) is 3.14. The molecule has 2 rings (SSSR count). The van der Waals surface area contributed by atoms with E-state index in [1.54, 1.807) is 6.07 Å². The van der Waals surface area contributed by atoms with E-state index in [1.165, 1.54) is 10.4 Å². The highest BCUT2D eigenvalue weighted by molar-refractivity contribution is 7.91. The molecule has 0 spiro atoms. The first-order chi connectivity index (χ1) is 11.2. The van der Waals surface area contributed by atoms with Crippen LogP contribution in [-0.4, -0.2) is 37.3 Å². The van der Waals surface area contributed by atoms with Gasteiger partial charge in [-0.1, -0.05) is 25.4 Å². The lowest BCUT2D eigenvalue weighted by molar-refractivity contribution is -0.124. The van der Waals surface area contributed by atoms with Crippen molar-refractivity contribution in [2.24, 2.45) is 5.92 Å². The smallest absolute Gasteiger partial charge is 0.253 e. The molecule has 1 amide bonds. The van der Waals surface area contributed by atoms with Crippen LogP contribution in [0.3, 0.4) is 0 Å². The molecule has 5 nitrogen and oxygen atoms in total. The Balaban J connectivity index is 2.05. The van der Waals surface area contributed by atoms with Gasteiger partial charge in [0, 0.05) is 12.6 Å². The predicted molar refractivity (Wildman–Crippen MR) is 97.9 cm³/mol. The Labute approximate surface area is 153 Å². The molecule has 0 radical (unpaired) electrons. The highest BCUT2D eigenvalue weighted by Gasteiger charge is 2.40. The van der Waals surface area contributed by atoms with Gasteiger partial charge in [0.1, 0.15) is 10.3 Å². The molecule has 24 heavy (non-hydrogen) atoms. The quantitative estimate of drug-likeness (QED) is 0.772. The molecule has 136 valence electrons. The van der Waals surface area contributed by atoms with Crippen molar-refractivity contribution < 1.29 is 13.2 Å². The number of thiophene rings is 1. The Hall–Kier alpha value is -0.630. The summed E-state index contributed by atoms with van der Waals surface area (Å²) in [5.74, 6) is 0.381. The summed E-state index contributed by atoms with van der Waals surface area (Å²) in [5.41, 5.74) is 0. The maximum atomic E-state index is 12.8. The third-order valence-electron chi connectivity index (χ3n) is 4.18. The van der Waals surface area contributed by atoms with Gasteiger partial charge in [0.25, 0.3) is 10.0 Å². The third-order valence-corrected chi connectivity index (χ3v) is 7.79. The molecular formula is C16H25ClN2O3S2. The van der Waals surface area contributed by atoms with Crippen molar-refractivity contribution in [2.75, 3.05) is 6.54 Å². The molecule has 0 saturated carbocycles. The summed E-state index contributed by atoms with van der Waals surface area (Å²) in [7, 11) is -3.67. The zero-order valence-corrected chi connectivity index (χ0v) is 16.7. The lowest BCUT2D eigenvalue weighted by Crippen LogP contribution is -2.48. The Morgan fingerprint density at radius 2 is 2.08 bits per heavy atom. The van der Waals surface area contributed by atoms with E-state index in [4.69, 9.17) is 11.6 Å². The summed E-state index contributed by atoms with van der Waals surface area (Å²) in [6.07, 6.45) is 3.17. The molecule has 1 aliphatic heterocycles. The Kier molecular flexibility index (Phi) is 6.70. The molecule has 1 aliphatic rings. The van der Waals surface area contributed by atoms with Crippen LogP contribution >= 0.6 is 22.9 Å². The standard InChI is InChI=1S/C16H25ClN2O3S2/c1-11(2)6-7-12(3)18-16(20)13-5-4-10-19(13)24(21,22)15-9-8-14(17)23-15/h8-9,11-13H,4-7,10H2,1-3H3,(H,18,20). The van der Waals surface area contributed by atoms with Gasteiger partial charge in [-0.15, -0.1) is 11.3 Å². The normalized spacial score (nSPS) is 20.5. The third kappa shape index (κ3) is 4.71. The summed E-state index contributed by atoms with van der Waals surface area (Å²) in [5, 5.41) is 2.97. The van der Waals surface area contributed by atoms with Crippen molar-refractivity contribution in [1.82, 2.24) is 9.62 Å². The maximum absolute atomic E-state index is 12.8. The highest BCUT2D eigenvalue weighted by atomic mass is 35.5. The van der Waals surface area contributed by atoms with Gasteiger partial charge in [-0.05, 0) is 50.7 Å². The first-order valence-electron chi connectivity index (χ1n) is 8.29. The summed E-state index contributed by atoms with van der Waals surface area (Å²) >= 11 is 6.88. The van der Waals surface area contributed by atoms with E-state index in [0.717, 1.165) is 24.2 Å². The maximum Gasteiger partial charge on any atom is 0.253 e. The van der Waals surface area contributed by atoms with Crippen molar-refractivity contribution in [3.05, 3.63) is 16.5 Å². The summed E-state index contributed by atoms with van der Waals surface area (Å²) in [6, 6.07) is 2.48. The van der Waals surface area contributed by atoms with Crippen LogP contribution in [0.1, 0.15) is 46.5 Å². The largest absolute Gasteiger partial charge is 0.352 e. The van der Waals surface area contributed by atoms with Gasteiger partial charge in [0.05, 0.1) is 4.34 Å². The molecule has 1 aromatic rings. The van der Waals surface area contributed by atoms with Crippen molar-refractivity contribution >= 4 is 38.9 Å². The van der Waals surface area contributed by atoms with Gasteiger partial charge in [-0.3, -0.25) is 4.79 Å². The molecule has 0 bridgehead atoms. The molecule has 1 N–H and O–H groups in total. The number of nitrogens with zero attached hydrogens (tertiary/aromatic N) is 1. The zero-order chi connectivity index (χ0) is 17.9. The zero-order valence-electron chi connectivity index (χ0n) is 14.3. The van der Waals surface area contributed by atoms with Gasteiger partial charge < -0.3 is 5.32 Å². The fourth-order valence-electron chi connectivity index (χ4n) is 2.84. The number of carbonyl (C=O) groups is 1. The molecule has 2 heterocycles. The molecule has 2 unspecified atom stereocenters. The Bertz CT molecular complexity index is 673. The number of nitrogens with one attached hydrogen (secondary N) is 1. The minimum Gasteiger partial charge on any atom is -0.352 e. The Morgan fingerprint density at radius 1 is 1.38 bits per heavy atom. The number of hydrogen-bond acceptors (Lipinski definition) is 4. The lowest BCUT2D eigenvalue weighted by atomic mass is 10.0. The topological polar surface area (TPSA) is 66.5 Å². The van der Waals surface area contributed by atoms with E-state index in [0.29, 0.717) is 29.6 Å². The van der Waals surface area contributed by atoms with Crippen LogP contribution in [-0.2, 0) is 14.8 Å². The van der Waals surface area contributed by atoms with Crippen LogP contribution in [0.2, 0.25) is 4.34 Å². The molecule has 1 saturated heterocycles. The second-order valence-electron chi connectivity index (χ2n) is 6.71. The molecule has 8 heteroatoms. The fourth-order valence-corrected chi connectivity index (χ4v) is 6.10. The molecule has 1 fully saturated rings. The van der Waals surface area contributed by atoms with Crippen LogP contribution in [0, 0.1) is 5.92 Å². The number of carbonyl (C=O) groups excluding carboxylic acids is 1. The van der Waals surface area contributed by atoms with E-state index in [1.807, 2.05) is 6.92 Å². The van der Waals surface area contributed by atoms with E-state index in [9.17, 15) is 13.2 Å². The number of halogens is 1. The SMILES string of the molecule is CC(C)CCC(C)NC(=O)C1CCCN1S(=O)(=O)c1ccc(Cl)s1. The van der Waals surface area contributed by atoms with Crippen LogP contribution in [0.25, 0.3) is 0 Å². The van der Waals surface area contributed by atoms with Crippen molar-refractivity contribution in [3.8, 4) is 0 Å². The van der Waals surface area contributed by atoms with Crippen LogP contribution in [0.15, 0.2) is 16.3 Å². The first kappa shape index (κ1) is 19.7. The second-order valence-corrected chi connectivity index (χ2v) is 10.5.